The lowest BCUT2D eigenvalue weighted by Gasteiger charge is -2.36. The molecule has 0 aliphatic carbocycles. The Kier molecular flexibility index (Phi) is 7.42. The first-order valence-electron chi connectivity index (χ1n) is 7.56. The minimum absolute atomic E-state index is 0. The van der Waals surface area contributed by atoms with Gasteiger partial charge < -0.3 is 15.5 Å². The van der Waals surface area contributed by atoms with E-state index in [2.05, 4.69) is 4.90 Å². The van der Waals surface area contributed by atoms with Crippen molar-refractivity contribution in [2.45, 2.75) is 19.8 Å². The van der Waals surface area contributed by atoms with Gasteiger partial charge in [0.2, 0.25) is 11.8 Å². The molecule has 2 rings (SSSR count). The van der Waals surface area contributed by atoms with E-state index < -0.39 is 0 Å². The van der Waals surface area contributed by atoms with E-state index in [0.29, 0.717) is 38.6 Å². The molecule has 6 nitrogen and oxygen atoms in total. The van der Waals surface area contributed by atoms with Crippen molar-refractivity contribution >= 4 is 24.2 Å². The van der Waals surface area contributed by atoms with Gasteiger partial charge in [0.1, 0.15) is 0 Å². The van der Waals surface area contributed by atoms with Crippen LogP contribution in [-0.4, -0.2) is 78.9 Å². The molecule has 7 heteroatoms. The third-order valence-electron chi connectivity index (χ3n) is 4.48. The van der Waals surface area contributed by atoms with Crippen molar-refractivity contribution < 1.29 is 9.59 Å². The van der Waals surface area contributed by atoms with Crippen LogP contribution in [0.25, 0.3) is 0 Å². The molecule has 2 saturated heterocycles. The molecule has 2 amide bonds. The number of nitrogens with two attached hydrogens (primary N) is 1. The summed E-state index contributed by atoms with van der Waals surface area (Å²) in [6.45, 7) is 7.45. The molecule has 0 saturated carbocycles. The Morgan fingerprint density at radius 3 is 2.00 bits per heavy atom. The molecule has 0 aromatic rings. The highest BCUT2D eigenvalue weighted by Gasteiger charge is 2.25. The molecule has 0 atom stereocenters. The molecular weight excluding hydrogens is 292 g/mol. The first-order chi connectivity index (χ1) is 9.60. The minimum atomic E-state index is 0. The topological polar surface area (TPSA) is 69.9 Å². The third kappa shape index (κ3) is 5.13. The van der Waals surface area contributed by atoms with E-state index in [9.17, 15) is 9.59 Å². The molecule has 122 valence electrons. The van der Waals surface area contributed by atoms with E-state index in [0.717, 1.165) is 32.5 Å². The summed E-state index contributed by atoms with van der Waals surface area (Å²) in [5.41, 5.74) is 5.68. The number of halogens is 1. The van der Waals surface area contributed by atoms with Crippen LogP contribution in [0.4, 0.5) is 0 Å². The van der Waals surface area contributed by atoms with Crippen LogP contribution in [0, 0.1) is 5.92 Å². The Hall–Kier alpha value is -0.850. The Bertz CT molecular complexity index is 351. The average Bonchev–Trinajstić information content (AvgIpc) is 2.48. The van der Waals surface area contributed by atoms with Crippen LogP contribution in [-0.2, 0) is 9.59 Å². The van der Waals surface area contributed by atoms with Crippen molar-refractivity contribution in [2.75, 3.05) is 52.4 Å². The molecule has 0 unspecified atom stereocenters. The van der Waals surface area contributed by atoms with Gasteiger partial charge in [-0.15, -0.1) is 12.4 Å². The normalized spacial score (nSPS) is 21.0. The Labute approximate surface area is 133 Å². The highest BCUT2D eigenvalue weighted by atomic mass is 35.5. The summed E-state index contributed by atoms with van der Waals surface area (Å²) in [5, 5.41) is 0. The van der Waals surface area contributed by atoms with Gasteiger partial charge >= 0.3 is 0 Å². The maximum Gasteiger partial charge on any atom is 0.236 e. The number of hydrogen-bond acceptors (Lipinski definition) is 4. The summed E-state index contributed by atoms with van der Waals surface area (Å²) in [6, 6.07) is 0. The summed E-state index contributed by atoms with van der Waals surface area (Å²) in [6.07, 6.45) is 2.20. The number of carbonyl (C=O) groups is 2. The van der Waals surface area contributed by atoms with Gasteiger partial charge in [-0.25, -0.2) is 0 Å². The summed E-state index contributed by atoms with van der Waals surface area (Å²) in [4.78, 5) is 29.4. The van der Waals surface area contributed by atoms with Crippen LogP contribution in [0.15, 0.2) is 0 Å². The predicted molar refractivity (Wildman–Crippen MR) is 84.3 cm³/mol. The van der Waals surface area contributed by atoms with Gasteiger partial charge in [-0.3, -0.25) is 14.5 Å². The number of carbonyl (C=O) groups excluding carboxylic acids is 2. The van der Waals surface area contributed by atoms with Crippen molar-refractivity contribution in [1.82, 2.24) is 14.7 Å². The van der Waals surface area contributed by atoms with Gasteiger partial charge in [0.05, 0.1) is 6.54 Å². The summed E-state index contributed by atoms with van der Waals surface area (Å²) in [7, 11) is 0. The number of piperidine rings is 1. The maximum atomic E-state index is 12.3. The summed E-state index contributed by atoms with van der Waals surface area (Å²) >= 11 is 0. The number of amides is 2. The lowest BCUT2D eigenvalue weighted by atomic mass is 9.97. The quantitative estimate of drug-likeness (QED) is 0.780. The fraction of sp³-hybridized carbons (Fsp3) is 0.857. The van der Waals surface area contributed by atoms with E-state index in [-0.39, 0.29) is 24.2 Å². The second-order valence-electron chi connectivity index (χ2n) is 5.84. The number of likely N-dealkylation sites (tertiary alicyclic amines) is 1. The SMILES string of the molecule is CC(=O)N1CCN(C(=O)CN2CCC(CN)CC2)CC1.Cl. The summed E-state index contributed by atoms with van der Waals surface area (Å²) < 4.78 is 0. The van der Waals surface area contributed by atoms with Crippen LogP contribution in [0.5, 0.6) is 0 Å². The highest BCUT2D eigenvalue weighted by molar-refractivity contribution is 5.85. The molecule has 0 bridgehead atoms. The van der Waals surface area contributed by atoms with Crippen molar-refractivity contribution in [2.24, 2.45) is 11.7 Å². The van der Waals surface area contributed by atoms with Gasteiger partial charge in [-0.05, 0) is 38.4 Å². The van der Waals surface area contributed by atoms with Gasteiger partial charge in [0.15, 0.2) is 0 Å². The van der Waals surface area contributed by atoms with E-state index in [4.69, 9.17) is 5.73 Å². The predicted octanol–water partition coefficient (Wildman–Crippen LogP) is -0.230. The van der Waals surface area contributed by atoms with Gasteiger partial charge in [-0.1, -0.05) is 0 Å². The number of hydrogen-bond donors (Lipinski definition) is 1. The largest absolute Gasteiger partial charge is 0.339 e. The minimum Gasteiger partial charge on any atom is -0.339 e. The maximum absolute atomic E-state index is 12.3. The number of rotatable bonds is 3. The molecule has 2 heterocycles. The van der Waals surface area contributed by atoms with E-state index in [1.807, 2.05) is 4.90 Å². The molecule has 0 aromatic heterocycles. The molecule has 2 fully saturated rings. The second-order valence-corrected chi connectivity index (χ2v) is 5.84. The first kappa shape index (κ1) is 18.2. The van der Waals surface area contributed by atoms with Crippen LogP contribution in [0.2, 0.25) is 0 Å². The monoisotopic (exact) mass is 318 g/mol. The first-order valence-corrected chi connectivity index (χ1v) is 7.56. The highest BCUT2D eigenvalue weighted by Crippen LogP contribution is 2.15. The van der Waals surface area contributed by atoms with Crippen molar-refractivity contribution in [3.05, 3.63) is 0 Å². The van der Waals surface area contributed by atoms with Crippen molar-refractivity contribution in [3.8, 4) is 0 Å². The Balaban J connectivity index is 0.00000220. The van der Waals surface area contributed by atoms with Crippen LogP contribution < -0.4 is 5.73 Å². The van der Waals surface area contributed by atoms with Gasteiger partial charge in [0.25, 0.3) is 0 Å². The van der Waals surface area contributed by atoms with Crippen LogP contribution in [0.1, 0.15) is 19.8 Å². The molecular formula is C14H27ClN4O2. The molecule has 2 aliphatic rings. The van der Waals surface area contributed by atoms with E-state index >= 15 is 0 Å². The van der Waals surface area contributed by atoms with Crippen LogP contribution >= 0.6 is 12.4 Å². The van der Waals surface area contributed by atoms with Gasteiger partial charge in [-0.2, -0.15) is 0 Å². The smallest absolute Gasteiger partial charge is 0.236 e. The van der Waals surface area contributed by atoms with Crippen molar-refractivity contribution in [3.63, 3.8) is 0 Å². The Morgan fingerprint density at radius 1 is 1.00 bits per heavy atom. The molecule has 0 spiro atoms. The Morgan fingerprint density at radius 2 is 1.52 bits per heavy atom. The zero-order chi connectivity index (χ0) is 14.5. The van der Waals surface area contributed by atoms with Crippen LogP contribution in [0.3, 0.4) is 0 Å². The number of piperazine rings is 1. The molecule has 0 radical (unpaired) electrons. The zero-order valence-corrected chi connectivity index (χ0v) is 13.6. The molecule has 2 aliphatic heterocycles. The second kappa shape index (κ2) is 8.56. The molecule has 21 heavy (non-hydrogen) atoms. The average molecular weight is 319 g/mol. The van der Waals surface area contributed by atoms with E-state index in [1.54, 1.807) is 11.8 Å². The van der Waals surface area contributed by atoms with Gasteiger partial charge in [0, 0.05) is 33.1 Å². The standard InChI is InChI=1S/C14H26N4O2.ClH/c1-12(19)17-6-8-18(9-7-17)14(20)11-16-4-2-13(10-15)3-5-16;/h13H,2-11,15H2,1H3;1H. The fourth-order valence-corrected chi connectivity index (χ4v) is 2.94. The lowest BCUT2D eigenvalue weighted by Crippen LogP contribution is -2.52. The van der Waals surface area contributed by atoms with E-state index in [1.165, 1.54) is 0 Å². The zero-order valence-electron chi connectivity index (χ0n) is 12.8. The molecule has 0 aromatic carbocycles. The summed E-state index contributed by atoms with van der Waals surface area (Å²) in [5.74, 6) is 0.917. The molecule has 2 N–H and O–H groups in total. The number of nitrogens with zero attached hydrogens (tertiary/aromatic N) is 3. The fourth-order valence-electron chi connectivity index (χ4n) is 2.94. The lowest BCUT2D eigenvalue weighted by molar-refractivity contribution is -0.139. The van der Waals surface area contributed by atoms with Crippen molar-refractivity contribution in [1.29, 1.82) is 0 Å². The third-order valence-corrected chi connectivity index (χ3v) is 4.48.